The number of aliphatic hydroxyl groups excluding tert-OH is 1. The minimum Gasteiger partial charge on any atom is -0.464 e. The predicted octanol–water partition coefficient (Wildman–Crippen LogP) is 0.914. The van der Waals surface area contributed by atoms with Crippen molar-refractivity contribution < 1.29 is 9.52 Å². The van der Waals surface area contributed by atoms with Crippen molar-refractivity contribution in [3.8, 4) is 0 Å². The molecule has 0 radical (unpaired) electrons. The van der Waals surface area contributed by atoms with Crippen LogP contribution in [0.1, 0.15) is 42.1 Å². The maximum atomic E-state index is 10.1. The summed E-state index contributed by atoms with van der Waals surface area (Å²) in [6.07, 6.45) is 2.62. The number of aliphatic hydroxyl groups is 1. The van der Waals surface area contributed by atoms with Crippen molar-refractivity contribution in [2.24, 2.45) is 4.99 Å². The second-order valence-electron chi connectivity index (χ2n) is 5.91. The highest BCUT2D eigenvalue weighted by molar-refractivity contribution is 5.79. The fourth-order valence-electron chi connectivity index (χ4n) is 2.81. The lowest BCUT2D eigenvalue weighted by atomic mass is 10.2. The average Bonchev–Trinajstić information content (AvgIpc) is 3.21. The molecule has 8 heteroatoms. The Morgan fingerprint density at radius 3 is 3.00 bits per heavy atom. The molecule has 0 saturated carbocycles. The highest BCUT2D eigenvalue weighted by Crippen LogP contribution is 2.15. The normalized spacial score (nSPS) is 15.9. The van der Waals surface area contributed by atoms with Gasteiger partial charge in [-0.3, -0.25) is 4.99 Å². The monoisotopic (exact) mass is 332 g/mol. The molecule has 1 aliphatic rings. The summed E-state index contributed by atoms with van der Waals surface area (Å²) in [5.41, 5.74) is 0. The number of aryl methyl sites for hydroxylation is 2. The number of aliphatic imine (C=N–C) groups is 1. The van der Waals surface area contributed by atoms with Crippen molar-refractivity contribution in [2.45, 2.75) is 45.4 Å². The van der Waals surface area contributed by atoms with Gasteiger partial charge >= 0.3 is 0 Å². The Balaban J connectivity index is 1.51. The number of guanidine groups is 1. The molecule has 3 rings (SSSR count). The number of furan rings is 1. The van der Waals surface area contributed by atoms with Gasteiger partial charge in [-0.15, -0.1) is 10.2 Å². The summed E-state index contributed by atoms with van der Waals surface area (Å²) in [4.78, 5) is 4.17. The van der Waals surface area contributed by atoms with Gasteiger partial charge in [0.05, 0.1) is 13.1 Å². The maximum absolute atomic E-state index is 10.1. The van der Waals surface area contributed by atoms with Crippen molar-refractivity contribution in [3.05, 3.63) is 35.3 Å². The summed E-state index contributed by atoms with van der Waals surface area (Å²) in [5, 5.41) is 24.9. The summed E-state index contributed by atoms with van der Waals surface area (Å²) in [5.74, 6) is 3.90. The summed E-state index contributed by atoms with van der Waals surface area (Å²) >= 11 is 0. The fourth-order valence-corrected chi connectivity index (χ4v) is 2.81. The van der Waals surface area contributed by atoms with E-state index in [2.05, 4.69) is 30.4 Å². The van der Waals surface area contributed by atoms with Crippen LogP contribution < -0.4 is 10.6 Å². The SMILES string of the molecule is CN=C(NCc1nnc2n1CCCC2)NCC(O)c1ccc(C)o1. The molecular formula is C16H24N6O2. The number of rotatable bonds is 5. The van der Waals surface area contributed by atoms with Gasteiger partial charge in [0.15, 0.2) is 11.8 Å². The van der Waals surface area contributed by atoms with Crippen molar-refractivity contribution >= 4 is 5.96 Å². The molecule has 130 valence electrons. The van der Waals surface area contributed by atoms with E-state index >= 15 is 0 Å². The molecule has 0 bridgehead atoms. The lowest BCUT2D eigenvalue weighted by Gasteiger charge is -2.16. The third-order valence-electron chi connectivity index (χ3n) is 4.13. The first-order valence-corrected chi connectivity index (χ1v) is 8.27. The van der Waals surface area contributed by atoms with Gasteiger partial charge in [-0.25, -0.2) is 0 Å². The molecule has 3 N–H and O–H groups in total. The van der Waals surface area contributed by atoms with E-state index in [1.165, 1.54) is 12.8 Å². The minimum atomic E-state index is -0.724. The minimum absolute atomic E-state index is 0.310. The zero-order chi connectivity index (χ0) is 16.9. The molecule has 1 aliphatic heterocycles. The summed E-state index contributed by atoms with van der Waals surface area (Å²) in [6.45, 7) is 3.68. The Kier molecular flexibility index (Phi) is 5.14. The van der Waals surface area contributed by atoms with Crippen LogP contribution in [0.25, 0.3) is 0 Å². The second kappa shape index (κ2) is 7.48. The summed E-state index contributed by atoms with van der Waals surface area (Å²) < 4.78 is 7.59. The Bertz CT molecular complexity index is 705. The van der Waals surface area contributed by atoms with Crippen LogP contribution in [0.15, 0.2) is 21.5 Å². The third-order valence-corrected chi connectivity index (χ3v) is 4.13. The van der Waals surface area contributed by atoms with Crippen LogP contribution in [0.4, 0.5) is 0 Å². The van der Waals surface area contributed by atoms with Gasteiger partial charge in [-0.1, -0.05) is 0 Å². The van der Waals surface area contributed by atoms with Crippen LogP contribution in [-0.2, 0) is 19.5 Å². The molecule has 2 aromatic rings. The lowest BCUT2D eigenvalue weighted by molar-refractivity contribution is 0.151. The van der Waals surface area contributed by atoms with E-state index in [1.807, 2.05) is 13.0 Å². The van der Waals surface area contributed by atoms with E-state index in [0.717, 1.165) is 30.4 Å². The average molecular weight is 332 g/mol. The molecule has 3 heterocycles. The second-order valence-corrected chi connectivity index (χ2v) is 5.91. The number of nitrogens with one attached hydrogen (secondary N) is 2. The first kappa shape index (κ1) is 16.5. The van der Waals surface area contributed by atoms with E-state index < -0.39 is 6.10 Å². The summed E-state index contributed by atoms with van der Waals surface area (Å²) in [6, 6.07) is 3.61. The highest BCUT2D eigenvalue weighted by atomic mass is 16.4. The fraction of sp³-hybridized carbons (Fsp3) is 0.562. The zero-order valence-corrected chi connectivity index (χ0v) is 14.1. The van der Waals surface area contributed by atoms with E-state index in [0.29, 0.717) is 24.8 Å². The number of nitrogens with zero attached hydrogens (tertiary/aromatic N) is 4. The van der Waals surface area contributed by atoms with Gasteiger partial charge in [-0.2, -0.15) is 0 Å². The largest absolute Gasteiger partial charge is 0.464 e. The topological polar surface area (TPSA) is 100 Å². The Morgan fingerprint density at radius 1 is 1.38 bits per heavy atom. The standard InChI is InChI=1S/C16H24N6O2/c1-11-6-7-13(24-11)12(23)9-18-16(17-2)19-10-15-21-20-14-5-3-4-8-22(14)15/h6-7,12,23H,3-5,8-10H2,1-2H3,(H2,17,18,19). The van der Waals surface area contributed by atoms with Gasteiger partial charge in [-0.05, 0) is 31.9 Å². The molecule has 0 aromatic carbocycles. The van der Waals surface area contributed by atoms with Crippen molar-refractivity contribution in [1.82, 2.24) is 25.4 Å². The Morgan fingerprint density at radius 2 is 2.25 bits per heavy atom. The quantitative estimate of drug-likeness (QED) is 0.556. The number of hydrogen-bond donors (Lipinski definition) is 3. The Labute approximate surface area is 141 Å². The first-order chi connectivity index (χ1) is 11.7. The third kappa shape index (κ3) is 3.76. The van der Waals surface area contributed by atoms with Crippen molar-refractivity contribution in [3.63, 3.8) is 0 Å². The number of aromatic nitrogens is 3. The molecule has 0 spiro atoms. The lowest BCUT2D eigenvalue weighted by Crippen LogP contribution is -2.39. The summed E-state index contributed by atoms with van der Waals surface area (Å²) in [7, 11) is 1.69. The molecule has 2 aromatic heterocycles. The van der Waals surface area contributed by atoms with Gasteiger partial charge in [0.1, 0.15) is 23.4 Å². The molecule has 0 saturated heterocycles. The molecule has 1 unspecified atom stereocenters. The van der Waals surface area contributed by atoms with Crippen molar-refractivity contribution in [2.75, 3.05) is 13.6 Å². The van der Waals surface area contributed by atoms with Gasteiger partial charge in [0.2, 0.25) is 0 Å². The van der Waals surface area contributed by atoms with E-state index in [1.54, 1.807) is 13.1 Å². The van der Waals surface area contributed by atoms with E-state index in [9.17, 15) is 5.11 Å². The number of hydrogen-bond acceptors (Lipinski definition) is 5. The highest BCUT2D eigenvalue weighted by Gasteiger charge is 2.16. The molecule has 1 atom stereocenters. The molecular weight excluding hydrogens is 308 g/mol. The smallest absolute Gasteiger partial charge is 0.191 e. The van der Waals surface area contributed by atoms with Crippen LogP contribution in [0.2, 0.25) is 0 Å². The van der Waals surface area contributed by atoms with Crippen LogP contribution in [-0.4, -0.2) is 39.4 Å². The van der Waals surface area contributed by atoms with E-state index in [4.69, 9.17) is 4.42 Å². The molecule has 24 heavy (non-hydrogen) atoms. The number of fused-ring (bicyclic) bond motifs is 1. The van der Waals surface area contributed by atoms with Crippen LogP contribution in [0.3, 0.4) is 0 Å². The van der Waals surface area contributed by atoms with Crippen LogP contribution >= 0.6 is 0 Å². The van der Waals surface area contributed by atoms with Crippen LogP contribution in [0, 0.1) is 6.92 Å². The molecule has 8 nitrogen and oxygen atoms in total. The molecule has 0 aliphatic carbocycles. The van der Waals surface area contributed by atoms with Gasteiger partial charge in [0.25, 0.3) is 0 Å². The van der Waals surface area contributed by atoms with E-state index in [-0.39, 0.29) is 0 Å². The molecule has 0 fully saturated rings. The first-order valence-electron chi connectivity index (χ1n) is 8.27. The van der Waals surface area contributed by atoms with Crippen LogP contribution in [0.5, 0.6) is 0 Å². The van der Waals surface area contributed by atoms with Gasteiger partial charge in [0, 0.05) is 20.0 Å². The maximum Gasteiger partial charge on any atom is 0.191 e. The molecule has 0 amide bonds. The zero-order valence-electron chi connectivity index (χ0n) is 14.1. The van der Waals surface area contributed by atoms with Gasteiger partial charge < -0.3 is 24.7 Å². The van der Waals surface area contributed by atoms with Crippen molar-refractivity contribution in [1.29, 1.82) is 0 Å². The predicted molar refractivity (Wildman–Crippen MR) is 89.6 cm³/mol. The Hall–Kier alpha value is -2.35.